The van der Waals surface area contributed by atoms with Crippen LogP contribution < -0.4 is 10.2 Å². The summed E-state index contributed by atoms with van der Waals surface area (Å²) < 4.78 is 5.44. The number of nitrogens with one attached hydrogen (secondary N) is 1. The van der Waals surface area contributed by atoms with Crippen molar-refractivity contribution >= 4 is 5.69 Å². The van der Waals surface area contributed by atoms with Crippen LogP contribution in [0, 0.1) is 12.8 Å². The second kappa shape index (κ2) is 7.65. The highest BCUT2D eigenvalue weighted by Crippen LogP contribution is 2.23. The molecule has 0 atom stereocenters. The average Bonchev–Trinajstić information content (AvgIpc) is 2.46. The minimum absolute atomic E-state index is 0.773. The van der Waals surface area contributed by atoms with Crippen molar-refractivity contribution in [3.8, 4) is 0 Å². The Morgan fingerprint density at radius 3 is 2.70 bits per heavy atom. The molecule has 1 heterocycles. The van der Waals surface area contributed by atoms with E-state index in [9.17, 15) is 0 Å². The number of benzene rings is 1. The minimum Gasteiger partial charge on any atom is -0.381 e. The van der Waals surface area contributed by atoms with Crippen LogP contribution in [-0.2, 0) is 11.3 Å². The molecular weight excluding hydrogens is 248 g/mol. The van der Waals surface area contributed by atoms with E-state index < -0.39 is 0 Å². The first-order chi connectivity index (χ1) is 9.70. The van der Waals surface area contributed by atoms with Crippen molar-refractivity contribution in [3.05, 3.63) is 29.3 Å². The second-order valence-electron chi connectivity index (χ2n) is 5.84. The molecule has 1 saturated heterocycles. The first-order valence-corrected chi connectivity index (χ1v) is 7.79. The fourth-order valence-corrected chi connectivity index (χ4v) is 2.94. The Bertz CT molecular complexity index is 413. The quantitative estimate of drug-likeness (QED) is 0.864. The van der Waals surface area contributed by atoms with E-state index in [0.29, 0.717) is 0 Å². The summed E-state index contributed by atoms with van der Waals surface area (Å²) in [6.07, 6.45) is 2.39. The lowest BCUT2D eigenvalue weighted by Crippen LogP contribution is -2.30. The maximum atomic E-state index is 5.44. The summed E-state index contributed by atoms with van der Waals surface area (Å²) in [6.45, 7) is 9.33. The lowest BCUT2D eigenvalue weighted by atomic mass is 9.99. The highest BCUT2D eigenvalue weighted by Gasteiger charge is 2.16. The van der Waals surface area contributed by atoms with Gasteiger partial charge in [-0.25, -0.2) is 0 Å². The molecule has 0 spiro atoms. The molecule has 20 heavy (non-hydrogen) atoms. The third kappa shape index (κ3) is 4.22. The highest BCUT2D eigenvalue weighted by atomic mass is 16.5. The first kappa shape index (κ1) is 15.3. The predicted molar refractivity (Wildman–Crippen MR) is 85.4 cm³/mol. The van der Waals surface area contributed by atoms with Crippen molar-refractivity contribution in [3.63, 3.8) is 0 Å². The summed E-state index contributed by atoms with van der Waals surface area (Å²) in [5.74, 6) is 0.773. The average molecular weight is 276 g/mol. The van der Waals surface area contributed by atoms with Gasteiger partial charge in [0.25, 0.3) is 0 Å². The highest BCUT2D eigenvalue weighted by molar-refractivity contribution is 5.54. The Kier molecular flexibility index (Phi) is 5.86. The summed E-state index contributed by atoms with van der Waals surface area (Å²) in [4.78, 5) is 2.41. The Balaban J connectivity index is 1.96. The molecule has 1 fully saturated rings. The predicted octanol–water partition coefficient (Wildman–Crippen LogP) is 2.97. The third-order valence-electron chi connectivity index (χ3n) is 4.12. The Hall–Kier alpha value is -1.06. The Labute approximate surface area is 123 Å². The third-order valence-corrected chi connectivity index (χ3v) is 4.12. The largest absolute Gasteiger partial charge is 0.381 e. The molecule has 0 amide bonds. The molecule has 3 nitrogen and oxygen atoms in total. The molecular formula is C17H28N2O. The molecule has 3 heteroatoms. The second-order valence-corrected chi connectivity index (χ2v) is 5.84. The van der Waals surface area contributed by atoms with Crippen LogP contribution in [-0.4, -0.2) is 33.4 Å². The smallest absolute Gasteiger partial charge is 0.0469 e. The van der Waals surface area contributed by atoms with E-state index in [1.807, 2.05) is 0 Å². The molecule has 0 radical (unpaired) electrons. The van der Waals surface area contributed by atoms with Crippen LogP contribution in [0.5, 0.6) is 0 Å². The topological polar surface area (TPSA) is 24.5 Å². The van der Waals surface area contributed by atoms with Crippen molar-refractivity contribution in [2.24, 2.45) is 5.92 Å². The molecule has 0 unspecified atom stereocenters. The standard InChI is InChI=1S/C17H28N2O/c1-4-18-12-16-5-6-17(14(2)11-16)19(3)13-15-7-9-20-10-8-15/h5-6,11,15,18H,4,7-10,12-13H2,1-3H3. The Morgan fingerprint density at radius 1 is 1.30 bits per heavy atom. The number of ether oxygens (including phenoxy) is 1. The van der Waals surface area contributed by atoms with E-state index in [1.54, 1.807) is 0 Å². The van der Waals surface area contributed by atoms with E-state index in [4.69, 9.17) is 4.74 Å². The van der Waals surface area contributed by atoms with Gasteiger partial charge in [-0.15, -0.1) is 0 Å². The lowest BCUT2D eigenvalue weighted by Gasteiger charge is -2.29. The van der Waals surface area contributed by atoms with E-state index in [1.165, 1.54) is 29.7 Å². The maximum Gasteiger partial charge on any atom is 0.0469 e. The molecule has 1 aliphatic heterocycles. The zero-order chi connectivity index (χ0) is 14.4. The van der Waals surface area contributed by atoms with E-state index in [-0.39, 0.29) is 0 Å². The van der Waals surface area contributed by atoms with Crippen LogP contribution in [0.4, 0.5) is 5.69 Å². The number of anilines is 1. The van der Waals surface area contributed by atoms with Gasteiger partial charge in [0.2, 0.25) is 0 Å². The fourth-order valence-electron chi connectivity index (χ4n) is 2.94. The monoisotopic (exact) mass is 276 g/mol. The van der Waals surface area contributed by atoms with E-state index in [2.05, 4.69) is 49.3 Å². The molecule has 1 N–H and O–H groups in total. The minimum atomic E-state index is 0.773. The number of rotatable bonds is 6. The van der Waals surface area contributed by atoms with Gasteiger partial charge < -0.3 is 15.0 Å². The van der Waals surface area contributed by atoms with Gasteiger partial charge in [-0.05, 0) is 49.4 Å². The zero-order valence-electron chi connectivity index (χ0n) is 13.1. The Morgan fingerprint density at radius 2 is 2.05 bits per heavy atom. The number of hydrogen-bond acceptors (Lipinski definition) is 3. The van der Waals surface area contributed by atoms with Gasteiger partial charge in [0.1, 0.15) is 0 Å². The molecule has 0 saturated carbocycles. The number of aryl methyl sites for hydroxylation is 1. The molecule has 1 aromatic rings. The SMILES string of the molecule is CCNCc1ccc(N(C)CC2CCOCC2)c(C)c1. The summed E-state index contributed by atoms with van der Waals surface area (Å²) in [5, 5.41) is 3.38. The molecule has 0 aliphatic carbocycles. The van der Waals surface area contributed by atoms with Gasteiger partial charge in [-0.2, -0.15) is 0 Å². The van der Waals surface area contributed by atoms with Gasteiger partial charge in [-0.1, -0.05) is 19.1 Å². The summed E-state index contributed by atoms with van der Waals surface area (Å²) in [6, 6.07) is 6.81. The van der Waals surface area contributed by atoms with Crippen molar-refractivity contribution < 1.29 is 4.74 Å². The van der Waals surface area contributed by atoms with Crippen LogP contribution in [0.2, 0.25) is 0 Å². The fraction of sp³-hybridized carbons (Fsp3) is 0.647. The van der Waals surface area contributed by atoms with Gasteiger partial charge >= 0.3 is 0 Å². The zero-order valence-corrected chi connectivity index (χ0v) is 13.1. The van der Waals surface area contributed by atoms with Crippen LogP contribution in [0.15, 0.2) is 18.2 Å². The summed E-state index contributed by atoms with van der Waals surface area (Å²) >= 11 is 0. The van der Waals surface area contributed by atoms with E-state index >= 15 is 0 Å². The molecule has 1 aromatic carbocycles. The van der Waals surface area contributed by atoms with Gasteiger partial charge in [0.15, 0.2) is 0 Å². The summed E-state index contributed by atoms with van der Waals surface area (Å²) in [5.41, 5.74) is 4.10. The molecule has 2 rings (SSSR count). The lowest BCUT2D eigenvalue weighted by molar-refractivity contribution is 0.0685. The maximum absolute atomic E-state index is 5.44. The van der Waals surface area contributed by atoms with Crippen molar-refractivity contribution in [1.29, 1.82) is 0 Å². The van der Waals surface area contributed by atoms with Gasteiger partial charge in [0, 0.05) is 39.0 Å². The van der Waals surface area contributed by atoms with Gasteiger partial charge in [-0.3, -0.25) is 0 Å². The van der Waals surface area contributed by atoms with Crippen LogP contribution in [0.1, 0.15) is 30.9 Å². The number of hydrogen-bond donors (Lipinski definition) is 1. The van der Waals surface area contributed by atoms with Crippen LogP contribution >= 0.6 is 0 Å². The normalized spacial score (nSPS) is 16.4. The number of nitrogens with zero attached hydrogens (tertiary/aromatic N) is 1. The van der Waals surface area contributed by atoms with Crippen molar-refractivity contribution in [2.75, 3.05) is 38.3 Å². The molecule has 0 bridgehead atoms. The first-order valence-electron chi connectivity index (χ1n) is 7.79. The van der Waals surface area contributed by atoms with Crippen LogP contribution in [0.3, 0.4) is 0 Å². The van der Waals surface area contributed by atoms with Crippen LogP contribution in [0.25, 0.3) is 0 Å². The van der Waals surface area contributed by atoms with Crippen molar-refractivity contribution in [1.82, 2.24) is 5.32 Å². The summed E-state index contributed by atoms with van der Waals surface area (Å²) in [7, 11) is 2.21. The molecule has 112 valence electrons. The van der Waals surface area contributed by atoms with Crippen molar-refractivity contribution in [2.45, 2.75) is 33.2 Å². The molecule has 0 aromatic heterocycles. The van der Waals surface area contributed by atoms with Gasteiger partial charge in [0.05, 0.1) is 0 Å². The molecule has 1 aliphatic rings. The van der Waals surface area contributed by atoms with E-state index in [0.717, 1.165) is 38.8 Å².